The van der Waals surface area contributed by atoms with Crippen molar-refractivity contribution in [3.8, 4) is 11.5 Å². The minimum absolute atomic E-state index is 0.173. The van der Waals surface area contributed by atoms with Crippen LogP contribution in [0, 0.1) is 6.92 Å². The van der Waals surface area contributed by atoms with Gasteiger partial charge < -0.3 is 9.52 Å². The molecule has 1 heterocycles. The third-order valence-corrected chi connectivity index (χ3v) is 3.41. The molecule has 106 valence electrons. The van der Waals surface area contributed by atoms with Crippen LogP contribution < -0.4 is 0 Å². The molecule has 5 nitrogen and oxygen atoms in total. The van der Waals surface area contributed by atoms with Gasteiger partial charge in [-0.25, -0.2) is 0 Å². The van der Waals surface area contributed by atoms with Gasteiger partial charge in [-0.3, -0.25) is 4.79 Å². The fourth-order valence-corrected chi connectivity index (χ4v) is 2.36. The number of carbonyl (C=O) groups is 1. The van der Waals surface area contributed by atoms with Crippen LogP contribution in [0.3, 0.4) is 0 Å². The molecule has 0 atom stereocenters. The predicted molar refractivity (Wildman–Crippen MR) is 77.4 cm³/mol. The van der Waals surface area contributed by atoms with Crippen molar-refractivity contribution < 1.29 is 14.3 Å². The number of hydrogen-bond donors (Lipinski definition) is 1. The molecule has 0 unspecified atom stereocenters. The van der Waals surface area contributed by atoms with Crippen LogP contribution >= 0.6 is 15.9 Å². The van der Waals surface area contributed by atoms with Crippen molar-refractivity contribution in [3.63, 3.8) is 0 Å². The molecule has 0 spiro atoms. The zero-order valence-corrected chi connectivity index (χ0v) is 12.7. The third kappa shape index (κ3) is 3.90. The molecule has 0 bridgehead atoms. The van der Waals surface area contributed by atoms with E-state index in [4.69, 9.17) is 9.52 Å². The van der Waals surface area contributed by atoms with E-state index in [9.17, 15) is 4.79 Å². The summed E-state index contributed by atoms with van der Waals surface area (Å²) in [5, 5.41) is 16.6. The van der Waals surface area contributed by atoms with E-state index in [2.05, 4.69) is 26.1 Å². The third-order valence-electron chi connectivity index (χ3n) is 2.92. The number of carboxylic acids is 1. The number of halogens is 1. The molecule has 2 rings (SSSR count). The Bertz CT molecular complexity index is 610. The maximum absolute atomic E-state index is 10.4. The highest BCUT2D eigenvalue weighted by molar-refractivity contribution is 9.10. The normalized spacial score (nSPS) is 10.7. The molecule has 20 heavy (non-hydrogen) atoms. The first kappa shape index (κ1) is 14.7. The minimum Gasteiger partial charge on any atom is -0.481 e. The van der Waals surface area contributed by atoms with Gasteiger partial charge in [-0.2, -0.15) is 0 Å². The molecule has 0 aliphatic carbocycles. The van der Waals surface area contributed by atoms with E-state index < -0.39 is 5.97 Å². The number of unbranched alkanes of at least 4 members (excludes halogenated alkanes) is 1. The number of carboxylic acid groups (broad SMARTS) is 1. The molecule has 1 N–H and O–H groups in total. The zero-order valence-electron chi connectivity index (χ0n) is 11.1. The van der Waals surface area contributed by atoms with Crippen LogP contribution in [0.4, 0.5) is 0 Å². The fraction of sp³-hybridized carbons (Fsp3) is 0.357. The van der Waals surface area contributed by atoms with E-state index in [0.717, 1.165) is 22.0 Å². The lowest BCUT2D eigenvalue weighted by Gasteiger charge is -2.00. The Morgan fingerprint density at radius 2 is 2.15 bits per heavy atom. The Kier molecular flexibility index (Phi) is 4.89. The summed E-state index contributed by atoms with van der Waals surface area (Å²) in [6.07, 6.45) is 2.13. The molecule has 0 saturated heterocycles. The van der Waals surface area contributed by atoms with E-state index in [1.807, 2.05) is 25.1 Å². The zero-order chi connectivity index (χ0) is 14.5. The largest absolute Gasteiger partial charge is 0.481 e. The van der Waals surface area contributed by atoms with Crippen molar-refractivity contribution in [2.45, 2.75) is 32.6 Å². The van der Waals surface area contributed by atoms with Crippen molar-refractivity contribution in [1.82, 2.24) is 10.2 Å². The Morgan fingerprint density at radius 3 is 2.85 bits per heavy atom. The average Bonchev–Trinajstić information content (AvgIpc) is 2.83. The lowest BCUT2D eigenvalue weighted by Crippen LogP contribution is -1.95. The summed E-state index contributed by atoms with van der Waals surface area (Å²) in [4.78, 5) is 10.4. The van der Waals surface area contributed by atoms with Crippen molar-refractivity contribution in [2.75, 3.05) is 0 Å². The van der Waals surface area contributed by atoms with Crippen LogP contribution in [-0.2, 0) is 11.2 Å². The second-order valence-corrected chi connectivity index (χ2v) is 5.48. The second kappa shape index (κ2) is 6.65. The Morgan fingerprint density at radius 1 is 1.35 bits per heavy atom. The number of hydrogen-bond acceptors (Lipinski definition) is 4. The lowest BCUT2D eigenvalue weighted by molar-refractivity contribution is -0.137. The van der Waals surface area contributed by atoms with Crippen molar-refractivity contribution >= 4 is 21.9 Å². The lowest BCUT2D eigenvalue weighted by atomic mass is 10.1. The van der Waals surface area contributed by atoms with E-state index in [1.54, 1.807) is 0 Å². The number of aryl methyl sites for hydroxylation is 2. The highest BCUT2D eigenvalue weighted by Gasteiger charge is 2.11. The van der Waals surface area contributed by atoms with Gasteiger partial charge in [0.15, 0.2) is 0 Å². The maximum atomic E-state index is 10.4. The summed E-state index contributed by atoms with van der Waals surface area (Å²) in [7, 11) is 0. The minimum atomic E-state index is -0.776. The summed E-state index contributed by atoms with van der Waals surface area (Å²) in [5.74, 6) is 0.276. The number of nitrogens with zero attached hydrogens (tertiary/aromatic N) is 2. The van der Waals surface area contributed by atoms with Gasteiger partial charge in [0, 0.05) is 22.9 Å². The van der Waals surface area contributed by atoms with Crippen LogP contribution in [0.15, 0.2) is 27.1 Å². The number of benzene rings is 1. The summed E-state index contributed by atoms with van der Waals surface area (Å²) in [6.45, 7) is 1.98. The molecule has 1 aromatic carbocycles. The monoisotopic (exact) mass is 338 g/mol. The molecular weight excluding hydrogens is 324 g/mol. The smallest absolute Gasteiger partial charge is 0.303 e. The van der Waals surface area contributed by atoms with Gasteiger partial charge >= 0.3 is 5.97 Å². The molecule has 0 fully saturated rings. The average molecular weight is 339 g/mol. The number of aromatic nitrogens is 2. The summed E-state index contributed by atoms with van der Waals surface area (Å²) in [5.41, 5.74) is 1.97. The molecular formula is C14H15BrN2O3. The van der Waals surface area contributed by atoms with Crippen molar-refractivity contribution in [3.05, 3.63) is 34.1 Å². The van der Waals surface area contributed by atoms with Gasteiger partial charge in [0.05, 0.1) is 0 Å². The van der Waals surface area contributed by atoms with E-state index in [-0.39, 0.29) is 6.42 Å². The van der Waals surface area contributed by atoms with Gasteiger partial charge in [0.1, 0.15) is 0 Å². The van der Waals surface area contributed by atoms with Crippen molar-refractivity contribution in [2.24, 2.45) is 0 Å². The summed E-state index contributed by atoms with van der Waals surface area (Å²) < 4.78 is 6.62. The van der Waals surface area contributed by atoms with Gasteiger partial charge in [0.25, 0.3) is 0 Å². The molecule has 0 aliphatic rings. The summed E-state index contributed by atoms with van der Waals surface area (Å²) >= 11 is 3.41. The quantitative estimate of drug-likeness (QED) is 0.814. The van der Waals surface area contributed by atoms with Crippen LogP contribution in [-0.4, -0.2) is 21.3 Å². The number of rotatable bonds is 6. The van der Waals surface area contributed by atoms with Gasteiger partial charge in [-0.05, 0) is 43.5 Å². The molecule has 0 saturated carbocycles. The second-order valence-electron chi connectivity index (χ2n) is 4.56. The standard InChI is InChI=1S/C14H15BrN2O3/c1-9-8-10(15)6-7-11(9)14-17-16-12(20-14)4-2-3-5-13(18)19/h6-8H,2-5H2,1H3,(H,18,19). The van der Waals surface area contributed by atoms with Gasteiger partial charge in [-0.15, -0.1) is 10.2 Å². The van der Waals surface area contributed by atoms with Crippen LogP contribution in [0.1, 0.15) is 30.7 Å². The first-order valence-electron chi connectivity index (χ1n) is 6.37. The molecule has 0 radical (unpaired) electrons. The first-order valence-corrected chi connectivity index (χ1v) is 7.16. The molecule has 0 aliphatic heterocycles. The SMILES string of the molecule is Cc1cc(Br)ccc1-c1nnc(CCCCC(=O)O)o1. The van der Waals surface area contributed by atoms with E-state index in [1.165, 1.54) is 0 Å². The van der Waals surface area contributed by atoms with Gasteiger partial charge in [-0.1, -0.05) is 15.9 Å². The van der Waals surface area contributed by atoms with E-state index >= 15 is 0 Å². The van der Waals surface area contributed by atoms with Crippen LogP contribution in [0.25, 0.3) is 11.5 Å². The Hall–Kier alpha value is -1.69. The van der Waals surface area contributed by atoms with E-state index in [0.29, 0.717) is 24.6 Å². The maximum Gasteiger partial charge on any atom is 0.303 e. The molecule has 6 heteroatoms. The fourth-order valence-electron chi connectivity index (χ4n) is 1.88. The van der Waals surface area contributed by atoms with Gasteiger partial charge in [0.2, 0.25) is 11.8 Å². The highest BCUT2D eigenvalue weighted by Crippen LogP contribution is 2.25. The molecule has 0 amide bonds. The highest BCUT2D eigenvalue weighted by atomic mass is 79.9. The van der Waals surface area contributed by atoms with Crippen molar-refractivity contribution in [1.29, 1.82) is 0 Å². The predicted octanol–water partition coefficient (Wildman–Crippen LogP) is 3.60. The molecule has 2 aromatic rings. The Balaban J connectivity index is 1.99. The summed E-state index contributed by atoms with van der Waals surface area (Å²) in [6, 6.07) is 5.85. The van der Waals surface area contributed by atoms with Crippen LogP contribution in [0.5, 0.6) is 0 Å². The van der Waals surface area contributed by atoms with Crippen LogP contribution in [0.2, 0.25) is 0 Å². The number of aliphatic carboxylic acids is 1. The Labute approximate surface area is 125 Å². The molecule has 1 aromatic heterocycles. The topological polar surface area (TPSA) is 76.2 Å². The first-order chi connectivity index (χ1) is 9.56.